The van der Waals surface area contributed by atoms with Crippen LogP contribution in [0.4, 0.5) is 0 Å². The quantitative estimate of drug-likeness (QED) is 0.469. The van der Waals surface area contributed by atoms with Gasteiger partial charge in [0.1, 0.15) is 6.04 Å². The summed E-state index contributed by atoms with van der Waals surface area (Å²) < 4.78 is 0. The van der Waals surface area contributed by atoms with Crippen molar-refractivity contribution < 1.29 is 9.59 Å². The topological polar surface area (TPSA) is 87.5 Å². The van der Waals surface area contributed by atoms with Crippen molar-refractivity contribution >= 4 is 11.8 Å². The van der Waals surface area contributed by atoms with Crippen molar-refractivity contribution in [3.63, 3.8) is 0 Å². The molecular weight excluding hydrogens is 184 g/mol. The first-order valence-electron chi connectivity index (χ1n) is 4.60. The summed E-state index contributed by atoms with van der Waals surface area (Å²) in [7, 11) is 1.57. The minimum atomic E-state index is -0.388. The van der Waals surface area contributed by atoms with Crippen LogP contribution in [-0.2, 0) is 9.59 Å². The third kappa shape index (κ3) is 2.68. The van der Waals surface area contributed by atoms with Crippen molar-refractivity contribution in [1.29, 1.82) is 0 Å². The van der Waals surface area contributed by atoms with Gasteiger partial charge in [0, 0.05) is 26.7 Å². The fourth-order valence-corrected chi connectivity index (χ4v) is 1.48. The van der Waals surface area contributed by atoms with E-state index in [9.17, 15) is 9.59 Å². The molecule has 0 aromatic rings. The highest BCUT2D eigenvalue weighted by molar-refractivity contribution is 5.82. The first kappa shape index (κ1) is 10.9. The smallest absolute Gasteiger partial charge is 0.236 e. The fraction of sp³-hybridized carbons (Fsp3) is 0.750. The van der Waals surface area contributed by atoms with Crippen LogP contribution < -0.4 is 16.4 Å². The Labute approximate surface area is 82.8 Å². The van der Waals surface area contributed by atoms with E-state index in [0.717, 1.165) is 6.54 Å². The Morgan fingerprint density at radius 3 is 2.93 bits per heavy atom. The molecule has 0 aromatic heterocycles. The maximum atomic E-state index is 11.1. The Morgan fingerprint density at radius 1 is 1.64 bits per heavy atom. The van der Waals surface area contributed by atoms with Gasteiger partial charge in [-0.05, 0) is 0 Å². The van der Waals surface area contributed by atoms with Gasteiger partial charge in [0.2, 0.25) is 11.8 Å². The van der Waals surface area contributed by atoms with Crippen LogP contribution in [0.1, 0.15) is 0 Å². The van der Waals surface area contributed by atoms with E-state index in [1.54, 1.807) is 11.9 Å². The van der Waals surface area contributed by atoms with Crippen LogP contribution in [0.2, 0.25) is 0 Å². The predicted octanol–water partition coefficient (Wildman–Crippen LogP) is -2.51. The summed E-state index contributed by atoms with van der Waals surface area (Å²) in [4.78, 5) is 24.0. The number of nitrogens with zero attached hydrogens (tertiary/aromatic N) is 1. The number of likely N-dealkylation sites (N-methyl/N-ethyl adjacent to an activating group) is 1. The van der Waals surface area contributed by atoms with Gasteiger partial charge < -0.3 is 16.4 Å². The highest BCUT2D eigenvalue weighted by Gasteiger charge is 2.27. The van der Waals surface area contributed by atoms with Gasteiger partial charge in [-0.25, -0.2) is 0 Å². The third-order valence-corrected chi connectivity index (χ3v) is 2.31. The zero-order valence-electron chi connectivity index (χ0n) is 8.25. The molecule has 0 aromatic carbocycles. The zero-order chi connectivity index (χ0) is 10.6. The summed E-state index contributed by atoms with van der Waals surface area (Å²) in [5, 5.41) is 5.58. The number of amides is 2. The largest absolute Gasteiger partial charge is 0.368 e. The van der Waals surface area contributed by atoms with Crippen molar-refractivity contribution in [2.75, 3.05) is 33.2 Å². The van der Waals surface area contributed by atoms with Gasteiger partial charge in [-0.15, -0.1) is 0 Å². The molecule has 1 unspecified atom stereocenters. The molecule has 1 heterocycles. The average Bonchev–Trinajstić information content (AvgIpc) is 2.18. The van der Waals surface area contributed by atoms with E-state index >= 15 is 0 Å². The second-order valence-electron chi connectivity index (χ2n) is 3.27. The summed E-state index contributed by atoms with van der Waals surface area (Å²) in [5.74, 6) is -0.487. The zero-order valence-corrected chi connectivity index (χ0v) is 8.25. The van der Waals surface area contributed by atoms with Crippen molar-refractivity contribution in [3.8, 4) is 0 Å². The molecule has 6 heteroatoms. The summed E-state index contributed by atoms with van der Waals surface area (Å²) in [6.45, 7) is 2.19. The second kappa shape index (κ2) is 4.92. The number of rotatable bonds is 3. The summed E-state index contributed by atoms with van der Waals surface area (Å²) in [5.41, 5.74) is 5.22. The summed E-state index contributed by atoms with van der Waals surface area (Å²) >= 11 is 0. The van der Waals surface area contributed by atoms with Crippen LogP contribution in [-0.4, -0.2) is 56.0 Å². The third-order valence-electron chi connectivity index (χ3n) is 2.31. The Kier molecular flexibility index (Phi) is 3.84. The van der Waals surface area contributed by atoms with Gasteiger partial charge in [-0.1, -0.05) is 0 Å². The molecule has 14 heavy (non-hydrogen) atoms. The number of carbonyl (C=O) groups excluding carboxylic acids is 2. The molecule has 0 bridgehead atoms. The number of nitrogens with two attached hydrogens (primary N) is 1. The first-order chi connectivity index (χ1) is 6.65. The molecule has 1 fully saturated rings. The fourth-order valence-electron chi connectivity index (χ4n) is 1.48. The van der Waals surface area contributed by atoms with Gasteiger partial charge in [0.15, 0.2) is 0 Å². The minimum Gasteiger partial charge on any atom is -0.368 e. The number of primary amides is 1. The lowest BCUT2D eigenvalue weighted by atomic mass is 10.2. The number of carbonyl (C=O) groups is 2. The molecule has 1 aliphatic rings. The Balaban J connectivity index is 2.54. The second-order valence-corrected chi connectivity index (χ2v) is 3.27. The number of hydrogen-bond acceptors (Lipinski definition) is 4. The van der Waals surface area contributed by atoms with Crippen LogP contribution in [0.5, 0.6) is 0 Å². The van der Waals surface area contributed by atoms with Crippen LogP contribution in [0, 0.1) is 0 Å². The van der Waals surface area contributed by atoms with Crippen LogP contribution >= 0.6 is 0 Å². The highest BCUT2D eigenvalue weighted by Crippen LogP contribution is 2.01. The lowest BCUT2D eigenvalue weighted by Gasteiger charge is -2.33. The number of nitrogens with one attached hydrogen (secondary N) is 2. The minimum absolute atomic E-state index is 0.0989. The van der Waals surface area contributed by atoms with Crippen molar-refractivity contribution in [2.45, 2.75) is 6.04 Å². The van der Waals surface area contributed by atoms with Crippen LogP contribution in [0.15, 0.2) is 0 Å². The molecule has 0 spiro atoms. The van der Waals surface area contributed by atoms with Gasteiger partial charge in [-0.3, -0.25) is 14.5 Å². The maximum Gasteiger partial charge on any atom is 0.236 e. The molecule has 80 valence electrons. The molecule has 0 radical (unpaired) electrons. The molecule has 0 aliphatic carbocycles. The van der Waals surface area contributed by atoms with E-state index in [-0.39, 0.29) is 24.4 Å². The standard InChI is InChI=1S/C8H16N4O2/c1-10-7(13)5-12-3-2-11-4-6(12)8(9)14/h6,11H,2-5H2,1H3,(H2,9,14)(H,10,13). The Morgan fingerprint density at radius 2 is 2.36 bits per heavy atom. The number of piperazine rings is 1. The van der Waals surface area contributed by atoms with Crippen LogP contribution in [0.3, 0.4) is 0 Å². The van der Waals surface area contributed by atoms with Gasteiger partial charge in [0.05, 0.1) is 6.54 Å². The Bertz CT molecular complexity index is 231. The van der Waals surface area contributed by atoms with Crippen LogP contribution in [0.25, 0.3) is 0 Å². The van der Waals surface area contributed by atoms with E-state index in [1.807, 2.05) is 0 Å². The normalized spacial score (nSPS) is 23.1. The van der Waals surface area contributed by atoms with Crippen molar-refractivity contribution in [1.82, 2.24) is 15.5 Å². The van der Waals surface area contributed by atoms with Gasteiger partial charge in [0.25, 0.3) is 0 Å². The molecule has 0 saturated carbocycles. The predicted molar refractivity (Wildman–Crippen MR) is 51.5 cm³/mol. The van der Waals surface area contributed by atoms with E-state index in [0.29, 0.717) is 13.1 Å². The van der Waals surface area contributed by atoms with Crippen molar-refractivity contribution in [3.05, 3.63) is 0 Å². The van der Waals surface area contributed by atoms with Crippen molar-refractivity contribution in [2.24, 2.45) is 5.73 Å². The molecule has 1 atom stereocenters. The average molecular weight is 200 g/mol. The summed E-state index contributed by atoms with van der Waals surface area (Å²) in [6, 6.07) is -0.374. The maximum absolute atomic E-state index is 11.1. The van der Waals surface area contributed by atoms with Gasteiger partial charge >= 0.3 is 0 Å². The molecule has 2 amide bonds. The Hall–Kier alpha value is -1.14. The van der Waals surface area contributed by atoms with E-state index < -0.39 is 0 Å². The summed E-state index contributed by atoms with van der Waals surface area (Å²) in [6.07, 6.45) is 0. The van der Waals surface area contributed by atoms with Gasteiger partial charge in [-0.2, -0.15) is 0 Å². The van der Waals surface area contributed by atoms with E-state index in [4.69, 9.17) is 5.73 Å². The lowest BCUT2D eigenvalue weighted by molar-refractivity contribution is -0.127. The number of hydrogen-bond donors (Lipinski definition) is 3. The van der Waals surface area contributed by atoms with E-state index in [1.165, 1.54) is 0 Å². The SMILES string of the molecule is CNC(=O)CN1CCNCC1C(N)=O. The lowest BCUT2D eigenvalue weighted by Crippen LogP contribution is -2.58. The molecule has 1 rings (SSSR count). The highest BCUT2D eigenvalue weighted by atomic mass is 16.2. The molecular formula is C8H16N4O2. The monoisotopic (exact) mass is 200 g/mol. The molecule has 1 aliphatic heterocycles. The molecule has 6 nitrogen and oxygen atoms in total. The molecule has 4 N–H and O–H groups in total. The van der Waals surface area contributed by atoms with E-state index in [2.05, 4.69) is 10.6 Å². The first-order valence-corrected chi connectivity index (χ1v) is 4.60. The molecule has 1 saturated heterocycles.